The lowest BCUT2D eigenvalue weighted by Crippen LogP contribution is -2.70. The predicted octanol–water partition coefficient (Wildman–Crippen LogP) is 4.63. The highest BCUT2D eigenvalue weighted by molar-refractivity contribution is 5.98. The number of benzene rings is 1. The molecule has 178 valence electrons. The van der Waals surface area contributed by atoms with Crippen molar-refractivity contribution in [2.75, 3.05) is 5.32 Å². The van der Waals surface area contributed by atoms with Gasteiger partial charge in [0.2, 0.25) is 11.8 Å². The second-order valence-electron chi connectivity index (χ2n) is 9.44. The molecule has 0 saturated heterocycles. The maximum Gasteiger partial charge on any atom is 0.413 e. The van der Waals surface area contributed by atoms with Crippen molar-refractivity contribution in [2.45, 2.75) is 50.9 Å². The number of halogens is 3. The third-order valence-electron chi connectivity index (χ3n) is 6.69. The zero-order valence-corrected chi connectivity index (χ0v) is 18.7. The summed E-state index contributed by atoms with van der Waals surface area (Å²) < 4.78 is 47.3. The Morgan fingerprint density at radius 3 is 2.43 bits per heavy atom. The standard InChI is InChI=1S/C24H19F3N6O2/c1-12-6-14(4-3-5-28)7-13(2)17(12)35-20-15-16(19(34)31-18(15)24(25,26)27)30-21(32-20)33-23-8-22(9-23,10-23)11-29/h3-4,6-7,18H,8-10H2,1-2H3,(H,31,34)(H,30,32,33)/b4-3+/t18-,22?,23?/m0/s1. The number of aryl methyl sites for hydroxylation is 2. The van der Waals surface area contributed by atoms with Gasteiger partial charge in [-0.3, -0.25) is 4.79 Å². The highest BCUT2D eigenvalue weighted by atomic mass is 19.4. The molecule has 11 heteroatoms. The fraction of sp³-hybridized carbons (Fsp3) is 0.375. The number of nitrogens with zero attached hydrogens (tertiary/aromatic N) is 4. The number of carbonyl (C=O) groups excluding carboxylic acids is 1. The molecule has 1 aromatic carbocycles. The van der Waals surface area contributed by atoms with Crippen molar-refractivity contribution in [1.29, 1.82) is 10.5 Å². The molecule has 2 aromatic rings. The molecule has 1 aliphatic heterocycles. The van der Waals surface area contributed by atoms with Crippen LogP contribution in [0.15, 0.2) is 18.2 Å². The Morgan fingerprint density at radius 1 is 1.20 bits per heavy atom. The second-order valence-corrected chi connectivity index (χ2v) is 9.44. The lowest BCUT2D eigenvalue weighted by atomic mass is 9.40. The van der Waals surface area contributed by atoms with Gasteiger partial charge in [0.1, 0.15) is 11.4 Å². The molecule has 2 heterocycles. The number of rotatable bonds is 5. The molecule has 35 heavy (non-hydrogen) atoms. The van der Waals surface area contributed by atoms with Crippen LogP contribution in [0, 0.1) is 41.9 Å². The van der Waals surface area contributed by atoms with Gasteiger partial charge >= 0.3 is 6.18 Å². The summed E-state index contributed by atoms with van der Waals surface area (Å²) in [5.41, 5.74) is 0.320. The fourth-order valence-electron chi connectivity index (χ4n) is 5.28. The first-order chi connectivity index (χ1) is 16.5. The van der Waals surface area contributed by atoms with Gasteiger partial charge in [-0.1, -0.05) is 0 Å². The molecular weight excluding hydrogens is 461 g/mol. The zero-order valence-electron chi connectivity index (χ0n) is 18.7. The van der Waals surface area contributed by atoms with Crippen molar-refractivity contribution in [3.05, 3.63) is 46.2 Å². The summed E-state index contributed by atoms with van der Waals surface area (Å²) in [7, 11) is 0. The molecule has 0 unspecified atom stereocenters. The topological polar surface area (TPSA) is 124 Å². The highest BCUT2D eigenvalue weighted by Gasteiger charge is 2.69. The molecule has 0 spiro atoms. The number of fused-ring (bicyclic) bond motifs is 1. The largest absolute Gasteiger partial charge is 0.438 e. The molecule has 4 aliphatic rings. The van der Waals surface area contributed by atoms with E-state index < -0.39 is 34.9 Å². The molecule has 6 rings (SSSR count). The maximum atomic E-state index is 13.8. The van der Waals surface area contributed by atoms with E-state index in [9.17, 15) is 23.2 Å². The van der Waals surface area contributed by atoms with E-state index in [-0.39, 0.29) is 17.2 Å². The summed E-state index contributed by atoms with van der Waals surface area (Å²) in [6, 6.07) is 5.34. The van der Waals surface area contributed by atoms with Crippen molar-refractivity contribution in [1.82, 2.24) is 15.3 Å². The monoisotopic (exact) mass is 480 g/mol. The Morgan fingerprint density at radius 2 is 1.86 bits per heavy atom. The van der Waals surface area contributed by atoms with E-state index in [2.05, 4.69) is 21.4 Å². The molecule has 2 bridgehead atoms. The predicted molar refractivity (Wildman–Crippen MR) is 117 cm³/mol. The number of anilines is 1. The minimum Gasteiger partial charge on any atom is -0.438 e. The van der Waals surface area contributed by atoms with Gasteiger partial charge in [-0.2, -0.15) is 28.7 Å². The number of aromatic nitrogens is 2. The molecule has 8 nitrogen and oxygen atoms in total. The van der Waals surface area contributed by atoms with Gasteiger partial charge in [-0.15, -0.1) is 0 Å². The lowest BCUT2D eigenvalue weighted by molar-refractivity contribution is -0.154. The fourth-order valence-corrected chi connectivity index (χ4v) is 5.28. The molecule has 1 atom stereocenters. The summed E-state index contributed by atoms with van der Waals surface area (Å²) in [6.45, 7) is 3.45. The molecule has 3 fully saturated rings. The average Bonchev–Trinajstić information content (AvgIpc) is 3.08. The molecule has 1 amide bonds. The molecule has 2 N–H and O–H groups in total. The van der Waals surface area contributed by atoms with E-state index in [0.717, 1.165) is 5.56 Å². The van der Waals surface area contributed by atoms with Crippen LogP contribution in [0.5, 0.6) is 11.6 Å². The van der Waals surface area contributed by atoms with Gasteiger partial charge in [-0.05, 0) is 68.0 Å². The number of carbonyl (C=O) groups is 1. The quantitative estimate of drug-likeness (QED) is 0.598. The Bertz CT molecular complexity index is 1340. The van der Waals surface area contributed by atoms with E-state index in [1.807, 2.05) is 11.4 Å². The number of alkyl halides is 3. The Kier molecular flexibility index (Phi) is 4.82. The van der Waals surface area contributed by atoms with Crippen molar-refractivity contribution in [3.8, 4) is 23.8 Å². The van der Waals surface area contributed by atoms with Gasteiger partial charge < -0.3 is 15.4 Å². The smallest absolute Gasteiger partial charge is 0.413 e. The lowest BCUT2D eigenvalue weighted by Gasteiger charge is -2.66. The van der Waals surface area contributed by atoms with Crippen LogP contribution in [-0.4, -0.2) is 27.6 Å². The van der Waals surface area contributed by atoms with Crippen LogP contribution < -0.4 is 15.4 Å². The van der Waals surface area contributed by atoms with E-state index >= 15 is 0 Å². The number of ether oxygens (including phenoxy) is 1. The van der Waals surface area contributed by atoms with E-state index in [1.54, 1.807) is 32.1 Å². The van der Waals surface area contributed by atoms with Crippen molar-refractivity contribution >= 4 is 17.9 Å². The van der Waals surface area contributed by atoms with Crippen LogP contribution in [0.3, 0.4) is 0 Å². The molecule has 3 saturated carbocycles. The molecule has 3 aliphatic carbocycles. The normalized spacial score (nSPS) is 26.1. The van der Waals surface area contributed by atoms with Gasteiger partial charge in [0, 0.05) is 11.6 Å². The third-order valence-corrected chi connectivity index (χ3v) is 6.69. The number of allylic oxidation sites excluding steroid dienone is 1. The van der Waals surface area contributed by atoms with Crippen molar-refractivity contribution < 1.29 is 22.7 Å². The summed E-state index contributed by atoms with van der Waals surface area (Å²) in [5, 5.41) is 23.1. The second kappa shape index (κ2) is 7.44. The highest BCUT2D eigenvalue weighted by Crippen LogP contribution is 2.67. The number of nitriles is 2. The summed E-state index contributed by atoms with van der Waals surface area (Å²) >= 11 is 0. The van der Waals surface area contributed by atoms with Gasteiger partial charge in [0.25, 0.3) is 5.91 Å². The van der Waals surface area contributed by atoms with Crippen molar-refractivity contribution in [2.24, 2.45) is 5.41 Å². The summed E-state index contributed by atoms with van der Waals surface area (Å²) in [4.78, 5) is 20.8. The zero-order chi connectivity index (χ0) is 25.2. The number of hydrogen-bond acceptors (Lipinski definition) is 7. The third kappa shape index (κ3) is 3.64. The van der Waals surface area contributed by atoms with Gasteiger partial charge in [0.15, 0.2) is 6.04 Å². The average molecular weight is 480 g/mol. The molecule has 1 aromatic heterocycles. The number of nitrogens with one attached hydrogen (secondary N) is 2. The minimum absolute atomic E-state index is 0.0214. The first kappa shape index (κ1) is 22.7. The van der Waals surface area contributed by atoms with Gasteiger partial charge in [-0.25, -0.2) is 4.98 Å². The van der Waals surface area contributed by atoms with Crippen LogP contribution in [-0.2, 0) is 0 Å². The maximum absolute atomic E-state index is 13.8. The Labute approximate surface area is 198 Å². The van der Waals surface area contributed by atoms with Gasteiger partial charge in [0.05, 0.1) is 23.1 Å². The number of amides is 1. The Balaban J connectivity index is 1.56. The van der Waals surface area contributed by atoms with Crippen LogP contribution in [0.4, 0.5) is 19.1 Å². The van der Waals surface area contributed by atoms with Crippen LogP contribution >= 0.6 is 0 Å². The number of hydrogen-bond donors (Lipinski definition) is 2. The first-order valence-corrected chi connectivity index (χ1v) is 10.8. The SMILES string of the molecule is Cc1cc(/C=C/C#N)cc(C)c1Oc1nc(NC23CC(C#N)(C2)C3)nc2c1[C@@H](C(F)(F)F)NC2=O. The van der Waals surface area contributed by atoms with Crippen LogP contribution in [0.2, 0.25) is 0 Å². The van der Waals surface area contributed by atoms with Crippen molar-refractivity contribution in [3.63, 3.8) is 0 Å². The Hall–Kier alpha value is -4.12. The first-order valence-electron chi connectivity index (χ1n) is 10.8. The van der Waals surface area contributed by atoms with E-state index in [1.165, 1.54) is 6.08 Å². The molecule has 0 radical (unpaired) electrons. The molecular formula is C24H19F3N6O2. The van der Waals surface area contributed by atoms with Crippen LogP contribution in [0.1, 0.15) is 58.0 Å². The van der Waals surface area contributed by atoms with Crippen LogP contribution in [0.25, 0.3) is 6.08 Å². The summed E-state index contributed by atoms with van der Waals surface area (Å²) in [6.07, 6.45) is -0.105. The van der Waals surface area contributed by atoms with E-state index in [0.29, 0.717) is 36.1 Å². The minimum atomic E-state index is -4.78. The van der Waals surface area contributed by atoms with E-state index in [4.69, 9.17) is 10.00 Å². The summed E-state index contributed by atoms with van der Waals surface area (Å²) in [5.74, 6) is -1.06.